The zero-order chi connectivity index (χ0) is 12.9. The molecule has 0 saturated heterocycles. The van der Waals surface area contributed by atoms with Gasteiger partial charge >= 0.3 is 5.97 Å². The summed E-state index contributed by atoms with van der Waals surface area (Å²) in [6, 6.07) is 0. The predicted molar refractivity (Wildman–Crippen MR) is 70.4 cm³/mol. The van der Waals surface area contributed by atoms with Gasteiger partial charge in [0.05, 0.1) is 6.61 Å². The minimum absolute atomic E-state index is 0.155. The van der Waals surface area contributed by atoms with Crippen LogP contribution in [0.4, 0.5) is 0 Å². The molecule has 0 aromatic rings. The highest BCUT2D eigenvalue weighted by Crippen LogP contribution is 2.36. The van der Waals surface area contributed by atoms with Crippen molar-refractivity contribution < 1.29 is 15.0 Å². The van der Waals surface area contributed by atoms with Gasteiger partial charge in [0.2, 0.25) is 0 Å². The lowest BCUT2D eigenvalue weighted by molar-refractivity contribution is -0.146. The Labute approximate surface area is 107 Å². The van der Waals surface area contributed by atoms with E-state index in [0.717, 1.165) is 12.8 Å². The molecular weight excluding hydrogens is 238 g/mol. The molecule has 3 N–H and O–H groups in total. The highest BCUT2D eigenvalue weighted by atomic mass is 32.2. The standard InChI is InChI=1S/C12H23NO3S/c1-3-13-12(11(15)16)6-4-5-10(7-12)17-9(2)8-14/h9-10,13-14H,3-8H2,1-2H3,(H,15,16). The molecule has 1 saturated carbocycles. The Morgan fingerprint density at radius 3 is 2.88 bits per heavy atom. The van der Waals surface area contributed by atoms with E-state index in [1.807, 2.05) is 13.8 Å². The van der Waals surface area contributed by atoms with Crippen LogP contribution in [0.2, 0.25) is 0 Å². The molecule has 3 unspecified atom stereocenters. The van der Waals surface area contributed by atoms with Gasteiger partial charge in [-0.1, -0.05) is 13.8 Å². The van der Waals surface area contributed by atoms with Gasteiger partial charge < -0.3 is 15.5 Å². The second-order valence-corrected chi connectivity index (χ2v) is 6.51. The molecular formula is C12H23NO3S. The van der Waals surface area contributed by atoms with Gasteiger partial charge in [0.15, 0.2) is 0 Å². The molecule has 0 radical (unpaired) electrons. The third-order valence-corrected chi connectivity index (χ3v) is 4.71. The Bertz CT molecular complexity index is 258. The predicted octanol–water partition coefficient (Wildman–Crippen LogP) is 1.48. The summed E-state index contributed by atoms with van der Waals surface area (Å²) < 4.78 is 0. The van der Waals surface area contributed by atoms with Crippen LogP contribution in [-0.2, 0) is 4.79 Å². The van der Waals surface area contributed by atoms with Crippen molar-refractivity contribution in [3.05, 3.63) is 0 Å². The molecule has 1 aliphatic carbocycles. The zero-order valence-electron chi connectivity index (χ0n) is 10.6. The number of aliphatic hydroxyl groups excluding tert-OH is 1. The minimum Gasteiger partial charge on any atom is -0.480 e. The Morgan fingerprint density at radius 1 is 1.65 bits per heavy atom. The van der Waals surface area contributed by atoms with Gasteiger partial charge in [-0.3, -0.25) is 4.79 Å². The highest BCUT2D eigenvalue weighted by Gasteiger charge is 2.42. The van der Waals surface area contributed by atoms with Gasteiger partial charge in [-0.25, -0.2) is 0 Å². The van der Waals surface area contributed by atoms with Crippen LogP contribution in [0, 0.1) is 0 Å². The lowest BCUT2D eigenvalue weighted by Crippen LogP contribution is -2.55. The molecule has 0 aromatic heterocycles. The van der Waals surface area contributed by atoms with E-state index < -0.39 is 11.5 Å². The second-order valence-electron chi connectivity index (χ2n) is 4.77. The van der Waals surface area contributed by atoms with E-state index in [1.165, 1.54) is 0 Å². The van der Waals surface area contributed by atoms with Crippen LogP contribution in [0.3, 0.4) is 0 Å². The Morgan fingerprint density at radius 2 is 2.35 bits per heavy atom. The van der Waals surface area contributed by atoms with Crippen molar-refractivity contribution in [2.75, 3.05) is 13.2 Å². The Hall–Kier alpha value is -0.260. The Kier molecular flexibility index (Phi) is 5.76. The smallest absolute Gasteiger partial charge is 0.323 e. The van der Waals surface area contributed by atoms with Crippen molar-refractivity contribution in [3.63, 3.8) is 0 Å². The number of likely N-dealkylation sites (N-methyl/N-ethyl adjacent to an activating group) is 1. The van der Waals surface area contributed by atoms with E-state index in [2.05, 4.69) is 5.32 Å². The molecule has 100 valence electrons. The van der Waals surface area contributed by atoms with Crippen molar-refractivity contribution in [3.8, 4) is 0 Å². The average molecular weight is 261 g/mol. The average Bonchev–Trinajstić information content (AvgIpc) is 2.29. The first kappa shape index (κ1) is 14.8. The summed E-state index contributed by atoms with van der Waals surface area (Å²) in [7, 11) is 0. The minimum atomic E-state index is -0.750. The van der Waals surface area contributed by atoms with Crippen LogP contribution in [0.5, 0.6) is 0 Å². The van der Waals surface area contributed by atoms with Crippen LogP contribution in [-0.4, -0.2) is 45.4 Å². The molecule has 0 bridgehead atoms. The number of hydrogen-bond acceptors (Lipinski definition) is 4. The molecule has 0 heterocycles. The summed E-state index contributed by atoms with van der Waals surface area (Å²) in [4.78, 5) is 11.4. The lowest BCUT2D eigenvalue weighted by Gasteiger charge is -2.38. The third kappa shape index (κ3) is 3.86. The van der Waals surface area contributed by atoms with E-state index >= 15 is 0 Å². The normalized spacial score (nSPS) is 31.1. The number of aliphatic hydroxyl groups is 1. The maximum Gasteiger partial charge on any atom is 0.323 e. The van der Waals surface area contributed by atoms with Crippen molar-refractivity contribution in [1.29, 1.82) is 0 Å². The van der Waals surface area contributed by atoms with Crippen molar-refractivity contribution in [2.45, 2.75) is 55.6 Å². The van der Waals surface area contributed by atoms with Gasteiger partial charge in [0.1, 0.15) is 5.54 Å². The molecule has 4 nitrogen and oxygen atoms in total. The van der Waals surface area contributed by atoms with Crippen molar-refractivity contribution >= 4 is 17.7 Å². The summed E-state index contributed by atoms with van der Waals surface area (Å²) in [6.07, 6.45) is 3.36. The largest absolute Gasteiger partial charge is 0.480 e. The summed E-state index contributed by atoms with van der Waals surface area (Å²) >= 11 is 1.71. The van der Waals surface area contributed by atoms with E-state index in [4.69, 9.17) is 5.11 Å². The number of aliphatic carboxylic acids is 1. The molecule has 0 aliphatic heterocycles. The number of carboxylic acids is 1. The van der Waals surface area contributed by atoms with Gasteiger partial charge in [0, 0.05) is 10.5 Å². The number of thioether (sulfide) groups is 1. The molecule has 5 heteroatoms. The fourth-order valence-electron chi connectivity index (χ4n) is 2.48. The number of carbonyl (C=O) groups is 1. The molecule has 1 aliphatic rings. The molecule has 0 spiro atoms. The number of hydrogen-bond donors (Lipinski definition) is 3. The topological polar surface area (TPSA) is 69.6 Å². The van der Waals surface area contributed by atoms with Crippen molar-refractivity contribution in [1.82, 2.24) is 5.32 Å². The molecule has 0 aromatic carbocycles. The van der Waals surface area contributed by atoms with Crippen LogP contribution in [0.1, 0.15) is 39.5 Å². The fraction of sp³-hybridized carbons (Fsp3) is 0.917. The van der Waals surface area contributed by atoms with Gasteiger partial charge in [-0.05, 0) is 32.2 Å². The summed E-state index contributed by atoms with van der Waals surface area (Å²) in [6.45, 7) is 4.76. The summed E-state index contributed by atoms with van der Waals surface area (Å²) in [5, 5.41) is 22.1. The molecule has 0 amide bonds. The van der Waals surface area contributed by atoms with Gasteiger partial charge in [0.25, 0.3) is 0 Å². The maximum absolute atomic E-state index is 11.4. The Balaban J connectivity index is 2.64. The second kappa shape index (κ2) is 6.61. The summed E-state index contributed by atoms with van der Waals surface area (Å²) in [5.74, 6) is -0.735. The van der Waals surface area contributed by atoms with Crippen molar-refractivity contribution in [2.24, 2.45) is 0 Å². The maximum atomic E-state index is 11.4. The number of rotatable bonds is 6. The van der Waals surface area contributed by atoms with Gasteiger partial charge in [-0.2, -0.15) is 11.8 Å². The van der Waals surface area contributed by atoms with Crippen LogP contribution >= 0.6 is 11.8 Å². The van der Waals surface area contributed by atoms with Crippen LogP contribution in [0.25, 0.3) is 0 Å². The quantitative estimate of drug-likeness (QED) is 0.675. The van der Waals surface area contributed by atoms with E-state index in [1.54, 1.807) is 11.8 Å². The first-order chi connectivity index (χ1) is 8.04. The first-order valence-electron chi connectivity index (χ1n) is 6.29. The third-order valence-electron chi connectivity index (χ3n) is 3.31. The van der Waals surface area contributed by atoms with Crippen LogP contribution in [0.15, 0.2) is 0 Å². The number of carboxylic acid groups (broad SMARTS) is 1. The molecule has 17 heavy (non-hydrogen) atoms. The molecule has 1 fully saturated rings. The molecule has 1 rings (SSSR count). The molecule has 3 atom stereocenters. The monoisotopic (exact) mass is 261 g/mol. The van der Waals surface area contributed by atoms with Crippen LogP contribution < -0.4 is 5.32 Å². The highest BCUT2D eigenvalue weighted by molar-refractivity contribution is 8.00. The SMILES string of the molecule is CCNC1(C(=O)O)CCCC(SC(C)CO)C1. The van der Waals surface area contributed by atoms with Gasteiger partial charge in [-0.15, -0.1) is 0 Å². The first-order valence-corrected chi connectivity index (χ1v) is 7.23. The fourth-order valence-corrected chi connectivity index (χ4v) is 3.91. The summed E-state index contributed by atoms with van der Waals surface area (Å²) in [5.41, 5.74) is -0.750. The lowest BCUT2D eigenvalue weighted by atomic mass is 9.81. The van der Waals surface area contributed by atoms with E-state index in [9.17, 15) is 9.90 Å². The van der Waals surface area contributed by atoms with E-state index in [-0.39, 0.29) is 11.9 Å². The van der Waals surface area contributed by atoms with E-state index in [0.29, 0.717) is 24.6 Å². The number of nitrogens with one attached hydrogen (secondary N) is 1. The zero-order valence-corrected chi connectivity index (χ0v) is 11.4.